The predicted octanol–water partition coefficient (Wildman–Crippen LogP) is 1.86. The number of piperazine rings is 1. The maximum atomic E-state index is 13.6. The van der Waals surface area contributed by atoms with Crippen LogP contribution in [0.4, 0.5) is 4.39 Å². The maximum Gasteiger partial charge on any atom is 0.179 e. The van der Waals surface area contributed by atoms with Crippen LogP contribution >= 0.6 is 22.6 Å². The van der Waals surface area contributed by atoms with Crippen molar-refractivity contribution in [3.8, 4) is 0 Å². The number of ketones is 1. The normalized spacial score (nSPS) is 17.9. The molecule has 0 amide bonds. The van der Waals surface area contributed by atoms with Crippen molar-refractivity contribution in [2.24, 2.45) is 0 Å². The molecule has 1 aromatic carbocycles. The van der Waals surface area contributed by atoms with Crippen LogP contribution in [0.2, 0.25) is 0 Å². The number of hydrogen-bond donors (Lipinski definition) is 0. The Kier molecular flexibility index (Phi) is 4.69. The number of likely N-dealkylation sites (N-methyl/N-ethyl adjacent to an activating group) is 1. The summed E-state index contributed by atoms with van der Waals surface area (Å²) in [4.78, 5) is 16.4. The van der Waals surface area contributed by atoms with Crippen molar-refractivity contribution in [1.29, 1.82) is 0 Å². The van der Waals surface area contributed by atoms with Crippen molar-refractivity contribution in [1.82, 2.24) is 9.80 Å². The first kappa shape index (κ1) is 13.9. The lowest BCUT2D eigenvalue weighted by molar-refractivity contribution is 0.0872. The first-order chi connectivity index (χ1) is 8.56. The average molecular weight is 362 g/mol. The highest BCUT2D eigenvalue weighted by Crippen LogP contribution is 2.14. The van der Waals surface area contributed by atoms with E-state index in [1.54, 1.807) is 12.1 Å². The van der Waals surface area contributed by atoms with E-state index < -0.39 is 5.82 Å². The molecule has 0 aromatic heterocycles. The van der Waals surface area contributed by atoms with E-state index in [9.17, 15) is 9.18 Å². The van der Waals surface area contributed by atoms with Gasteiger partial charge in [0.1, 0.15) is 5.82 Å². The molecule has 1 fully saturated rings. The maximum absolute atomic E-state index is 13.6. The van der Waals surface area contributed by atoms with Crippen molar-refractivity contribution in [2.45, 2.75) is 0 Å². The van der Waals surface area contributed by atoms with Gasteiger partial charge in [0.2, 0.25) is 0 Å². The number of nitrogens with zero attached hydrogens (tertiary/aromatic N) is 2. The van der Waals surface area contributed by atoms with Gasteiger partial charge in [0.05, 0.1) is 12.1 Å². The second kappa shape index (κ2) is 6.08. The molecule has 0 bridgehead atoms. The van der Waals surface area contributed by atoms with E-state index >= 15 is 0 Å². The molecular weight excluding hydrogens is 346 g/mol. The van der Waals surface area contributed by atoms with Crippen LogP contribution in [0.1, 0.15) is 10.4 Å². The predicted molar refractivity (Wildman–Crippen MR) is 77.4 cm³/mol. The number of benzene rings is 1. The molecule has 1 aromatic rings. The van der Waals surface area contributed by atoms with Crippen LogP contribution < -0.4 is 0 Å². The molecule has 2 rings (SSSR count). The highest BCUT2D eigenvalue weighted by molar-refractivity contribution is 14.1. The van der Waals surface area contributed by atoms with Gasteiger partial charge < -0.3 is 4.90 Å². The van der Waals surface area contributed by atoms with E-state index in [-0.39, 0.29) is 11.3 Å². The SMILES string of the molecule is CN1CCN(CC(=O)c2cc(I)ccc2F)CC1. The van der Waals surface area contributed by atoms with Crippen molar-refractivity contribution in [3.05, 3.63) is 33.1 Å². The number of carbonyl (C=O) groups is 1. The molecule has 0 spiro atoms. The number of carbonyl (C=O) groups excluding carboxylic acids is 1. The molecule has 1 aliphatic heterocycles. The van der Waals surface area contributed by atoms with E-state index in [1.807, 2.05) is 0 Å². The molecule has 0 radical (unpaired) electrons. The molecule has 0 unspecified atom stereocenters. The molecule has 98 valence electrons. The molecule has 0 N–H and O–H groups in total. The Labute approximate surface area is 120 Å². The van der Waals surface area contributed by atoms with Crippen LogP contribution in [0.3, 0.4) is 0 Å². The van der Waals surface area contributed by atoms with Crippen molar-refractivity contribution in [2.75, 3.05) is 39.8 Å². The summed E-state index contributed by atoms with van der Waals surface area (Å²) in [6.07, 6.45) is 0. The summed E-state index contributed by atoms with van der Waals surface area (Å²) in [6, 6.07) is 4.65. The summed E-state index contributed by atoms with van der Waals surface area (Å²) < 4.78 is 14.5. The van der Waals surface area contributed by atoms with Crippen molar-refractivity contribution < 1.29 is 9.18 Å². The Hall–Kier alpha value is -0.530. The van der Waals surface area contributed by atoms with Gasteiger partial charge in [-0.1, -0.05) is 0 Å². The third-order valence-corrected chi connectivity index (χ3v) is 3.86. The zero-order valence-electron chi connectivity index (χ0n) is 10.3. The molecule has 1 saturated heterocycles. The summed E-state index contributed by atoms with van der Waals surface area (Å²) >= 11 is 2.09. The minimum Gasteiger partial charge on any atom is -0.304 e. The highest BCUT2D eigenvalue weighted by Gasteiger charge is 2.19. The lowest BCUT2D eigenvalue weighted by Gasteiger charge is -2.31. The first-order valence-electron chi connectivity index (χ1n) is 5.95. The third-order valence-electron chi connectivity index (χ3n) is 3.19. The van der Waals surface area contributed by atoms with Crippen LogP contribution in [0.5, 0.6) is 0 Å². The zero-order chi connectivity index (χ0) is 13.1. The Bertz CT molecular complexity index is 445. The van der Waals surface area contributed by atoms with E-state index in [0.717, 1.165) is 29.7 Å². The molecule has 1 aliphatic rings. The highest BCUT2D eigenvalue weighted by atomic mass is 127. The lowest BCUT2D eigenvalue weighted by Crippen LogP contribution is -2.46. The number of halogens is 2. The van der Waals surface area contributed by atoms with Gasteiger partial charge in [-0.3, -0.25) is 9.69 Å². The van der Waals surface area contributed by atoms with Crippen LogP contribution in [-0.4, -0.2) is 55.4 Å². The van der Waals surface area contributed by atoms with Gasteiger partial charge in [-0.2, -0.15) is 0 Å². The molecule has 18 heavy (non-hydrogen) atoms. The Balaban J connectivity index is 2.01. The molecule has 1 heterocycles. The minimum atomic E-state index is -0.422. The quantitative estimate of drug-likeness (QED) is 0.606. The number of hydrogen-bond acceptors (Lipinski definition) is 3. The molecule has 0 saturated carbocycles. The van der Waals surface area contributed by atoms with Crippen LogP contribution in [-0.2, 0) is 0 Å². The van der Waals surface area contributed by atoms with Gasteiger partial charge in [0, 0.05) is 29.7 Å². The van der Waals surface area contributed by atoms with E-state index in [0.29, 0.717) is 6.54 Å². The van der Waals surface area contributed by atoms with Crippen molar-refractivity contribution in [3.63, 3.8) is 0 Å². The van der Waals surface area contributed by atoms with Crippen LogP contribution in [0, 0.1) is 9.39 Å². The third kappa shape index (κ3) is 3.49. The fraction of sp³-hybridized carbons (Fsp3) is 0.462. The second-order valence-electron chi connectivity index (χ2n) is 4.63. The smallest absolute Gasteiger partial charge is 0.179 e. The summed E-state index contributed by atoms with van der Waals surface area (Å²) in [5.74, 6) is -0.551. The zero-order valence-corrected chi connectivity index (χ0v) is 12.5. The van der Waals surface area contributed by atoms with Gasteiger partial charge in [-0.25, -0.2) is 4.39 Å². The van der Waals surface area contributed by atoms with E-state index in [4.69, 9.17) is 0 Å². The van der Waals surface area contributed by atoms with Gasteiger partial charge in [-0.05, 0) is 47.8 Å². The molecule has 0 atom stereocenters. The Morgan fingerprint density at radius 2 is 2.00 bits per heavy atom. The Morgan fingerprint density at radius 1 is 1.33 bits per heavy atom. The second-order valence-corrected chi connectivity index (χ2v) is 5.87. The summed E-state index contributed by atoms with van der Waals surface area (Å²) in [7, 11) is 2.07. The van der Waals surface area contributed by atoms with Crippen LogP contribution in [0.25, 0.3) is 0 Å². The van der Waals surface area contributed by atoms with Crippen LogP contribution in [0.15, 0.2) is 18.2 Å². The first-order valence-corrected chi connectivity index (χ1v) is 7.03. The van der Waals surface area contributed by atoms with E-state index in [2.05, 4.69) is 39.4 Å². The number of rotatable bonds is 3. The standard InChI is InChI=1S/C13H16FIN2O/c1-16-4-6-17(7-5-16)9-13(18)11-8-10(15)2-3-12(11)14/h2-3,8H,4-7,9H2,1H3. The minimum absolute atomic E-state index is 0.129. The number of Topliss-reactive ketones (excluding diaryl/α,β-unsaturated/α-hetero) is 1. The summed E-state index contributed by atoms with van der Waals surface area (Å²) in [5, 5.41) is 0. The Morgan fingerprint density at radius 3 is 2.67 bits per heavy atom. The van der Waals surface area contributed by atoms with Gasteiger partial charge in [0.15, 0.2) is 5.78 Å². The molecule has 0 aliphatic carbocycles. The molecular formula is C13H16FIN2O. The van der Waals surface area contributed by atoms with Crippen molar-refractivity contribution >= 4 is 28.4 Å². The molecule has 5 heteroatoms. The lowest BCUT2D eigenvalue weighted by atomic mass is 10.1. The summed E-state index contributed by atoms with van der Waals surface area (Å²) in [6.45, 7) is 3.97. The largest absolute Gasteiger partial charge is 0.304 e. The fourth-order valence-electron chi connectivity index (χ4n) is 2.01. The van der Waals surface area contributed by atoms with E-state index in [1.165, 1.54) is 6.07 Å². The molecule has 3 nitrogen and oxygen atoms in total. The monoisotopic (exact) mass is 362 g/mol. The van der Waals surface area contributed by atoms with Gasteiger partial charge >= 0.3 is 0 Å². The van der Waals surface area contributed by atoms with Gasteiger partial charge in [-0.15, -0.1) is 0 Å². The fourth-order valence-corrected chi connectivity index (χ4v) is 2.50. The van der Waals surface area contributed by atoms with Gasteiger partial charge in [0.25, 0.3) is 0 Å². The average Bonchev–Trinajstić information content (AvgIpc) is 2.35. The summed E-state index contributed by atoms with van der Waals surface area (Å²) in [5.41, 5.74) is 0.209. The topological polar surface area (TPSA) is 23.6 Å².